The summed E-state index contributed by atoms with van der Waals surface area (Å²) in [5.74, 6) is -1.68. The van der Waals surface area contributed by atoms with Crippen LogP contribution >= 0.6 is 34.9 Å². The van der Waals surface area contributed by atoms with E-state index in [2.05, 4.69) is 57.2 Å². The molecule has 0 bridgehead atoms. The number of β-lactam (4-membered cyclic amide) rings is 1. The van der Waals surface area contributed by atoms with Crippen LogP contribution in [0.5, 0.6) is 0 Å². The molecule has 14 nitrogen and oxygen atoms in total. The van der Waals surface area contributed by atoms with Gasteiger partial charge >= 0.3 is 12.1 Å². The number of oxime groups is 1. The van der Waals surface area contributed by atoms with E-state index in [-0.39, 0.29) is 23.7 Å². The van der Waals surface area contributed by atoms with E-state index in [0.717, 1.165) is 28.5 Å². The number of fused-ring (bicyclic) bond motifs is 1. The number of rotatable bonds is 15. The van der Waals surface area contributed by atoms with Gasteiger partial charge in [-0.3, -0.25) is 24.4 Å². The van der Waals surface area contributed by atoms with E-state index < -0.39 is 52.0 Å². The molecule has 1 fully saturated rings. The van der Waals surface area contributed by atoms with Crippen LogP contribution in [0.15, 0.2) is 143 Å². The van der Waals surface area contributed by atoms with E-state index >= 15 is 0 Å². The highest BCUT2D eigenvalue weighted by molar-refractivity contribution is 8.00. The van der Waals surface area contributed by atoms with Gasteiger partial charge in [0.2, 0.25) is 5.56 Å². The maximum Gasteiger partial charge on any atom is 0.413 e. The van der Waals surface area contributed by atoms with Crippen LogP contribution in [0.1, 0.15) is 50.1 Å². The lowest BCUT2D eigenvalue weighted by Crippen LogP contribution is -2.70. The Bertz CT molecular complexity index is 2330. The molecule has 4 heterocycles. The molecule has 2 unspecified atom stereocenters. The van der Waals surface area contributed by atoms with Gasteiger partial charge in [0.25, 0.3) is 11.8 Å². The topological polar surface area (TPSA) is 165 Å². The first kappa shape index (κ1) is 43.9. The molecule has 3 atom stereocenters. The highest BCUT2D eigenvalue weighted by atomic mass is 32.2. The molecule has 0 spiro atoms. The smallest absolute Gasteiger partial charge is 0.413 e. The van der Waals surface area contributed by atoms with Crippen molar-refractivity contribution in [1.29, 1.82) is 0 Å². The number of pyridine rings is 1. The van der Waals surface area contributed by atoms with Gasteiger partial charge in [0, 0.05) is 35.5 Å². The molecule has 2 N–H and O–H groups in total. The minimum Gasteiger partial charge on any atom is -0.444 e. The first-order valence-corrected chi connectivity index (χ1v) is 22.5. The first-order valence-electron chi connectivity index (χ1n) is 19.7. The van der Waals surface area contributed by atoms with Crippen molar-refractivity contribution >= 4 is 69.6 Å². The van der Waals surface area contributed by atoms with Crippen molar-refractivity contribution in [3.63, 3.8) is 0 Å². The number of nitrogens with one attached hydrogen (secondary N) is 2. The van der Waals surface area contributed by atoms with Crippen LogP contribution in [-0.4, -0.2) is 91.3 Å². The summed E-state index contributed by atoms with van der Waals surface area (Å²) in [6.07, 6.45) is 4.04. The summed E-state index contributed by atoms with van der Waals surface area (Å²) >= 11 is 3.77. The van der Waals surface area contributed by atoms with Crippen molar-refractivity contribution < 1.29 is 33.5 Å². The van der Waals surface area contributed by atoms with Crippen LogP contribution in [0.2, 0.25) is 0 Å². The van der Waals surface area contributed by atoms with Gasteiger partial charge in [-0.1, -0.05) is 108 Å². The molecule has 7 rings (SSSR count). The van der Waals surface area contributed by atoms with Crippen LogP contribution in [0.25, 0.3) is 0 Å². The SMILES string of the molecule is CCO/N=C(\C(=O)NC1C(=O)N2C(C(=O)OC(Sc3ccncc3)N(C)C(=O)OC(C)(C)C)=CCS[C@@H]12)c1csc(NC(c2ccccc2)(c2ccccc2)c2ccccc2)n1. The van der Waals surface area contributed by atoms with Crippen molar-refractivity contribution in [2.75, 3.05) is 24.7 Å². The summed E-state index contributed by atoms with van der Waals surface area (Å²) < 4.78 is 11.4. The molecule has 3 amide bonds. The fraction of sp³-hybridized carbons (Fsp3) is 0.267. The number of hydrogen-bond acceptors (Lipinski definition) is 14. The van der Waals surface area contributed by atoms with Crippen LogP contribution in [0.4, 0.5) is 9.93 Å². The van der Waals surface area contributed by atoms with Gasteiger partial charge in [-0.25, -0.2) is 14.6 Å². The number of nitrogens with zero attached hydrogens (tertiary/aromatic N) is 5. The number of ether oxygens (including phenoxy) is 2. The number of thiazole rings is 1. The molecule has 1 saturated heterocycles. The van der Waals surface area contributed by atoms with E-state index in [1.165, 1.54) is 39.9 Å². The number of anilines is 1. The van der Waals surface area contributed by atoms with E-state index in [1.54, 1.807) is 63.7 Å². The molecule has 2 aliphatic heterocycles. The third-order valence-corrected chi connectivity index (χ3v) is 12.7. The zero-order chi connectivity index (χ0) is 43.9. The standard InChI is InChI=1S/C45H45N7O7S3/c1-6-57-50-35(33-28-61-41(47-33)49-45(29-16-10-7-11-17-29,30-18-12-8-13-19-30)31-20-14-9-15-21-31)37(53)48-36-38(54)52-34(24-27-60-39(36)52)40(55)58-43(62-32-22-25-46-26-23-32)51(5)42(56)59-44(2,3)4/h7-26,28,36,39,43H,6,27H2,1-5H3,(H,47,49)(H,48,53)/b50-35-/t36?,39-,43?/m0/s1. The maximum absolute atomic E-state index is 14.1. The molecule has 5 aromatic rings. The zero-order valence-electron chi connectivity index (χ0n) is 34.6. The van der Waals surface area contributed by atoms with Crippen molar-refractivity contribution in [2.24, 2.45) is 5.16 Å². The van der Waals surface area contributed by atoms with Gasteiger partial charge < -0.3 is 24.9 Å². The molecular formula is C45H45N7O7S3. The Balaban J connectivity index is 1.09. The van der Waals surface area contributed by atoms with Crippen LogP contribution in [-0.2, 0) is 34.2 Å². The molecule has 17 heteroatoms. The summed E-state index contributed by atoms with van der Waals surface area (Å²) in [5.41, 5.74) is 0.217. The number of hydrogen-bond donors (Lipinski definition) is 2. The van der Waals surface area contributed by atoms with Gasteiger partial charge in [0.05, 0.1) is 0 Å². The van der Waals surface area contributed by atoms with Crippen molar-refractivity contribution in [2.45, 2.75) is 60.7 Å². The first-order chi connectivity index (χ1) is 29.9. The average molecular weight is 892 g/mol. The van der Waals surface area contributed by atoms with Gasteiger partial charge in [0.1, 0.15) is 40.6 Å². The Kier molecular flexibility index (Phi) is 13.6. The van der Waals surface area contributed by atoms with Gasteiger partial charge in [-0.15, -0.1) is 23.1 Å². The molecule has 320 valence electrons. The second kappa shape index (κ2) is 19.3. The molecular weight excluding hydrogens is 847 g/mol. The number of aromatic nitrogens is 2. The number of esters is 1. The van der Waals surface area contributed by atoms with Crippen LogP contribution in [0.3, 0.4) is 0 Å². The van der Waals surface area contributed by atoms with Gasteiger partial charge in [-0.05, 0) is 62.6 Å². The Morgan fingerprint density at radius 3 is 2.10 bits per heavy atom. The van der Waals surface area contributed by atoms with Crippen molar-refractivity contribution in [3.8, 4) is 0 Å². The molecule has 0 radical (unpaired) electrons. The lowest BCUT2D eigenvalue weighted by molar-refractivity contribution is -0.155. The fourth-order valence-corrected chi connectivity index (χ4v) is 9.58. The number of carbonyl (C=O) groups excluding carboxylic acids is 4. The molecule has 0 aliphatic carbocycles. The number of thioether (sulfide) groups is 2. The molecule has 3 aromatic carbocycles. The van der Waals surface area contributed by atoms with Crippen LogP contribution in [0, 0.1) is 0 Å². The predicted molar refractivity (Wildman–Crippen MR) is 240 cm³/mol. The molecule has 62 heavy (non-hydrogen) atoms. The van der Waals surface area contributed by atoms with E-state index in [4.69, 9.17) is 19.3 Å². The predicted octanol–water partition coefficient (Wildman–Crippen LogP) is 7.45. The Morgan fingerprint density at radius 2 is 1.53 bits per heavy atom. The molecule has 0 saturated carbocycles. The van der Waals surface area contributed by atoms with Gasteiger partial charge in [0.15, 0.2) is 10.8 Å². The van der Waals surface area contributed by atoms with Crippen molar-refractivity contribution in [1.82, 2.24) is 25.1 Å². The summed E-state index contributed by atoms with van der Waals surface area (Å²) in [4.78, 5) is 72.2. The number of benzene rings is 3. The zero-order valence-corrected chi connectivity index (χ0v) is 37.0. The number of carbonyl (C=O) groups is 4. The third-order valence-electron chi connectivity index (χ3n) is 9.60. The lowest BCUT2D eigenvalue weighted by Gasteiger charge is -2.48. The summed E-state index contributed by atoms with van der Waals surface area (Å²) in [6.45, 7) is 7.12. The Hall–Kier alpha value is -6.17. The summed E-state index contributed by atoms with van der Waals surface area (Å²) in [6, 6.07) is 32.6. The lowest BCUT2D eigenvalue weighted by atomic mass is 9.77. The summed E-state index contributed by atoms with van der Waals surface area (Å²) in [7, 11) is 1.46. The van der Waals surface area contributed by atoms with E-state index in [0.29, 0.717) is 15.8 Å². The van der Waals surface area contributed by atoms with Crippen LogP contribution < -0.4 is 10.6 Å². The average Bonchev–Trinajstić information content (AvgIpc) is 3.75. The largest absolute Gasteiger partial charge is 0.444 e. The normalized spacial score (nSPS) is 16.8. The second-order valence-electron chi connectivity index (χ2n) is 14.9. The quantitative estimate of drug-likeness (QED) is 0.0203. The maximum atomic E-state index is 14.1. The monoisotopic (exact) mass is 891 g/mol. The minimum absolute atomic E-state index is 0.000628. The minimum atomic E-state index is -1.16. The Morgan fingerprint density at radius 1 is 0.935 bits per heavy atom. The second-order valence-corrected chi connectivity index (χ2v) is 18.1. The van der Waals surface area contributed by atoms with E-state index in [9.17, 15) is 19.2 Å². The molecule has 2 aromatic heterocycles. The van der Waals surface area contributed by atoms with E-state index in [1.807, 2.05) is 54.6 Å². The molecule has 2 aliphatic rings. The number of amides is 3. The third kappa shape index (κ3) is 9.64. The van der Waals surface area contributed by atoms with Crippen molar-refractivity contribution in [3.05, 3.63) is 155 Å². The Labute approximate surface area is 372 Å². The highest BCUT2D eigenvalue weighted by Gasteiger charge is 2.54. The highest BCUT2D eigenvalue weighted by Crippen LogP contribution is 2.41. The fourth-order valence-electron chi connectivity index (χ4n) is 6.74. The van der Waals surface area contributed by atoms with Gasteiger partial charge in [-0.2, -0.15) is 0 Å². The summed E-state index contributed by atoms with van der Waals surface area (Å²) in [5, 5.41) is 12.3.